The highest BCUT2D eigenvalue weighted by Crippen LogP contribution is 2.28. The van der Waals surface area contributed by atoms with Crippen molar-refractivity contribution in [2.75, 3.05) is 13.1 Å². The molecule has 4 nitrogen and oxygen atoms in total. The Morgan fingerprint density at radius 1 is 0.971 bits per heavy atom. The van der Waals surface area contributed by atoms with Gasteiger partial charge < -0.3 is 9.84 Å². The number of carboxylic acids is 1. The molecule has 1 fully saturated rings. The van der Waals surface area contributed by atoms with Crippen LogP contribution >= 0.6 is 0 Å². The second-order valence-corrected chi connectivity index (χ2v) is 9.37. The fraction of sp³-hybridized carbons (Fsp3) is 0.323. The Balaban J connectivity index is 1.24. The maximum Gasteiger partial charge on any atom is 0.304 e. The lowest BCUT2D eigenvalue weighted by atomic mass is 9.89. The number of hydrogen-bond acceptors (Lipinski definition) is 3. The Bertz CT molecular complexity index is 1080. The quantitative estimate of drug-likeness (QED) is 0.333. The van der Waals surface area contributed by atoms with E-state index in [-0.39, 0.29) is 12.3 Å². The minimum Gasteiger partial charge on any atom is -0.489 e. The maximum absolute atomic E-state index is 11.1. The monoisotopic (exact) mass is 469 g/mol. The summed E-state index contributed by atoms with van der Waals surface area (Å²) in [6.45, 7) is 5.69. The standard InChI is InChI=1S/C31H35NO3/c1-2-6-29(21-31(33)34)27-13-15-30(16-14-27)35-23-25-11-9-24(10-12-25)22-32-19-17-28(18-20-32)26-7-4-3-5-8-26/h2-16,28-29H,17-23H2,1H3,(H,33,34)/t29-/m1/s1. The molecule has 4 heteroatoms. The zero-order chi connectivity index (χ0) is 24.5. The number of carboxylic acid groups (broad SMARTS) is 1. The summed E-state index contributed by atoms with van der Waals surface area (Å²) in [4.78, 5) is 13.7. The summed E-state index contributed by atoms with van der Waals surface area (Å²) in [6, 6.07) is 27.3. The zero-order valence-electron chi connectivity index (χ0n) is 20.5. The largest absolute Gasteiger partial charge is 0.489 e. The fourth-order valence-corrected chi connectivity index (χ4v) is 4.84. The van der Waals surface area contributed by atoms with Crippen molar-refractivity contribution in [2.45, 2.75) is 51.2 Å². The van der Waals surface area contributed by atoms with Crippen LogP contribution < -0.4 is 4.74 Å². The molecule has 1 aliphatic heterocycles. The molecule has 182 valence electrons. The molecule has 0 aromatic heterocycles. The average Bonchev–Trinajstić information content (AvgIpc) is 2.89. The molecule has 0 aliphatic carbocycles. The molecule has 0 amide bonds. The van der Waals surface area contributed by atoms with Gasteiger partial charge in [0.05, 0.1) is 6.42 Å². The lowest BCUT2D eigenvalue weighted by Gasteiger charge is -2.32. The van der Waals surface area contributed by atoms with Crippen molar-refractivity contribution in [3.8, 4) is 5.75 Å². The zero-order valence-corrected chi connectivity index (χ0v) is 20.5. The summed E-state index contributed by atoms with van der Waals surface area (Å²) >= 11 is 0. The van der Waals surface area contributed by atoms with Gasteiger partial charge in [0.25, 0.3) is 0 Å². The Kier molecular flexibility index (Phi) is 8.74. The van der Waals surface area contributed by atoms with E-state index in [1.807, 2.05) is 43.3 Å². The van der Waals surface area contributed by atoms with Crippen molar-refractivity contribution in [2.24, 2.45) is 0 Å². The first-order chi connectivity index (χ1) is 17.1. The molecule has 35 heavy (non-hydrogen) atoms. The molecule has 0 spiro atoms. The number of piperidine rings is 1. The molecule has 4 rings (SSSR count). The van der Waals surface area contributed by atoms with Crippen molar-refractivity contribution in [3.05, 3.63) is 113 Å². The van der Waals surface area contributed by atoms with Crippen molar-refractivity contribution in [1.29, 1.82) is 0 Å². The van der Waals surface area contributed by atoms with Gasteiger partial charge in [0, 0.05) is 12.5 Å². The summed E-state index contributed by atoms with van der Waals surface area (Å²) in [5.41, 5.74) is 4.93. The van der Waals surface area contributed by atoms with Crippen molar-refractivity contribution < 1.29 is 14.6 Å². The molecular formula is C31H35NO3. The molecule has 1 N–H and O–H groups in total. The van der Waals surface area contributed by atoms with Crippen molar-refractivity contribution in [1.82, 2.24) is 4.90 Å². The number of aliphatic carboxylic acids is 1. The number of nitrogens with zero attached hydrogens (tertiary/aromatic N) is 1. The maximum atomic E-state index is 11.1. The summed E-state index contributed by atoms with van der Waals surface area (Å²) < 4.78 is 5.97. The smallest absolute Gasteiger partial charge is 0.304 e. The van der Waals surface area contributed by atoms with Gasteiger partial charge in [0.2, 0.25) is 0 Å². The van der Waals surface area contributed by atoms with E-state index in [2.05, 4.69) is 59.5 Å². The Hall–Kier alpha value is -3.37. The minimum atomic E-state index is -0.798. The van der Waals surface area contributed by atoms with E-state index in [0.717, 1.165) is 36.5 Å². The van der Waals surface area contributed by atoms with E-state index in [0.29, 0.717) is 12.5 Å². The van der Waals surface area contributed by atoms with E-state index in [4.69, 9.17) is 9.84 Å². The van der Waals surface area contributed by atoms with Crippen LogP contribution in [0, 0.1) is 0 Å². The third kappa shape index (κ3) is 7.30. The van der Waals surface area contributed by atoms with Crippen LogP contribution in [0.3, 0.4) is 0 Å². The van der Waals surface area contributed by atoms with E-state index in [1.54, 1.807) is 0 Å². The summed E-state index contributed by atoms with van der Waals surface area (Å²) in [7, 11) is 0. The van der Waals surface area contributed by atoms with Crippen LogP contribution in [0.1, 0.15) is 60.3 Å². The topological polar surface area (TPSA) is 49.8 Å². The van der Waals surface area contributed by atoms with Crippen LogP contribution in [-0.4, -0.2) is 29.1 Å². The first kappa shape index (κ1) is 24.7. The molecule has 0 bridgehead atoms. The molecule has 1 heterocycles. The minimum absolute atomic E-state index is 0.0852. The Morgan fingerprint density at radius 3 is 2.26 bits per heavy atom. The highest BCUT2D eigenvalue weighted by Gasteiger charge is 2.20. The average molecular weight is 470 g/mol. The predicted molar refractivity (Wildman–Crippen MR) is 141 cm³/mol. The second kappa shape index (κ2) is 12.4. The SMILES string of the molecule is CC=C[C@H](CC(=O)O)c1ccc(OCc2ccc(CN3CCC(c4ccccc4)CC3)cc2)cc1. The highest BCUT2D eigenvalue weighted by atomic mass is 16.5. The second-order valence-electron chi connectivity index (χ2n) is 9.37. The van der Waals surface area contributed by atoms with Crippen LogP contribution in [-0.2, 0) is 17.9 Å². The Labute approximate surface area is 208 Å². The van der Waals surface area contributed by atoms with Crippen molar-refractivity contribution >= 4 is 5.97 Å². The number of allylic oxidation sites excluding steroid dienone is 2. The number of carbonyl (C=O) groups is 1. The molecule has 0 radical (unpaired) electrons. The molecule has 3 aromatic carbocycles. The van der Waals surface area contributed by atoms with Gasteiger partial charge in [-0.3, -0.25) is 9.69 Å². The van der Waals surface area contributed by atoms with E-state index in [1.165, 1.54) is 24.0 Å². The molecule has 3 aromatic rings. The van der Waals surface area contributed by atoms with Gasteiger partial charge in [0.15, 0.2) is 0 Å². The molecule has 0 saturated carbocycles. The van der Waals surface area contributed by atoms with Gasteiger partial charge in [-0.15, -0.1) is 0 Å². The van der Waals surface area contributed by atoms with E-state index in [9.17, 15) is 4.79 Å². The van der Waals surface area contributed by atoms with Crippen LogP contribution in [0.5, 0.6) is 5.75 Å². The number of ether oxygens (including phenoxy) is 1. The fourth-order valence-electron chi connectivity index (χ4n) is 4.84. The number of hydrogen-bond donors (Lipinski definition) is 1. The van der Waals surface area contributed by atoms with Crippen LogP contribution in [0.25, 0.3) is 0 Å². The number of rotatable bonds is 10. The van der Waals surface area contributed by atoms with E-state index >= 15 is 0 Å². The van der Waals surface area contributed by atoms with Gasteiger partial charge in [-0.2, -0.15) is 0 Å². The first-order valence-electron chi connectivity index (χ1n) is 12.5. The molecule has 0 unspecified atom stereocenters. The lowest BCUT2D eigenvalue weighted by molar-refractivity contribution is -0.137. The summed E-state index contributed by atoms with van der Waals surface area (Å²) in [5.74, 6) is 0.553. The molecular weight excluding hydrogens is 434 g/mol. The van der Waals surface area contributed by atoms with Crippen LogP contribution in [0.4, 0.5) is 0 Å². The van der Waals surface area contributed by atoms with Gasteiger partial charge in [-0.05, 0) is 73.2 Å². The third-order valence-corrected chi connectivity index (χ3v) is 6.82. The first-order valence-corrected chi connectivity index (χ1v) is 12.5. The van der Waals surface area contributed by atoms with Gasteiger partial charge in [-0.1, -0.05) is 78.9 Å². The van der Waals surface area contributed by atoms with Crippen LogP contribution in [0.2, 0.25) is 0 Å². The number of benzene rings is 3. The molecule has 1 saturated heterocycles. The third-order valence-electron chi connectivity index (χ3n) is 6.82. The van der Waals surface area contributed by atoms with Gasteiger partial charge in [-0.25, -0.2) is 0 Å². The van der Waals surface area contributed by atoms with E-state index < -0.39 is 5.97 Å². The Morgan fingerprint density at radius 2 is 1.63 bits per heavy atom. The summed E-state index contributed by atoms with van der Waals surface area (Å²) in [6.07, 6.45) is 6.36. The van der Waals surface area contributed by atoms with Gasteiger partial charge in [0.1, 0.15) is 12.4 Å². The number of likely N-dealkylation sites (tertiary alicyclic amines) is 1. The highest BCUT2D eigenvalue weighted by molar-refractivity contribution is 5.68. The molecule has 1 atom stereocenters. The van der Waals surface area contributed by atoms with Crippen LogP contribution in [0.15, 0.2) is 91.0 Å². The van der Waals surface area contributed by atoms with Gasteiger partial charge >= 0.3 is 5.97 Å². The summed E-state index contributed by atoms with van der Waals surface area (Å²) in [5, 5.41) is 9.14. The van der Waals surface area contributed by atoms with Crippen molar-refractivity contribution in [3.63, 3.8) is 0 Å². The normalized spacial score (nSPS) is 15.8. The predicted octanol–water partition coefficient (Wildman–Crippen LogP) is 6.78. The lowest BCUT2D eigenvalue weighted by Crippen LogP contribution is -2.32. The molecule has 1 aliphatic rings.